The summed E-state index contributed by atoms with van der Waals surface area (Å²) in [6.07, 6.45) is -2.07. The standard InChI is InChI=1S/C24H15ClF4N2O2/c25-20-5-1-14(10-19(20)24(27,28)29)9-16(32)11-15-2-3-17(12-21(15)26)33-18-4-6-22-23(13-18)31-8-7-30-22/h1-8,10,12-13H,9,11H2. The summed E-state index contributed by atoms with van der Waals surface area (Å²) in [4.78, 5) is 20.7. The number of nitrogens with zero attached hydrogens (tertiary/aromatic N) is 2. The molecule has 0 saturated heterocycles. The fraction of sp³-hybridized carbons (Fsp3) is 0.125. The molecule has 0 radical (unpaired) electrons. The molecule has 1 aromatic heterocycles. The van der Waals surface area contributed by atoms with E-state index in [9.17, 15) is 22.4 Å². The Hall–Kier alpha value is -3.52. The summed E-state index contributed by atoms with van der Waals surface area (Å²) < 4.78 is 59.2. The van der Waals surface area contributed by atoms with Crippen molar-refractivity contribution in [2.24, 2.45) is 0 Å². The highest BCUT2D eigenvalue weighted by Crippen LogP contribution is 2.35. The maximum Gasteiger partial charge on any atom is 0.417 e. The van der Waals surface area contributed by atoms with Crippen LogP contribution in [0.1, 0.15) is 16.7 Å². The lowest BCUT2D eigenvalue weighted by atomic mass is 10.0. The molecule has 0 N–H and O–H groups in total. The van der Waals surface area contributed by atoms with E-state index in [1.165, 1.54) is 18.2 Å². The summed E-state index contributed by atoms with van der Waals surface area (Å²) in [5.74, 6) is -0.437. The van der Waals surface area contributed by atoms with Gasteiger partial charge >= 0.3 is 6.18 Å². The Morgan fingerprint density at radius 3 is 2.30 bits per heavy atom. The van der Waals surface area contributed by atoms with Gasteiger partial charge in [-0.3, -0.25) is 14.8 Å². The van der Waals surface area contributed by atoms with Crippen LogP contribution in [0.15, 0.2) is 67.0 Å². The Kier molecular flexibility index (Phi) is 6.29. The second-order valence-electron chi connectivity index (χ2n) is 7.27. The number of carbonyl (C=O) groups is 1. The molecular formula is C24H15ClF4N2O2. The average molecular weight is 475 g/mol. The van der Waals surface area contributed by atoms with Gasteiger partial charge in [0.25, 0.3) is 0 Å². The molecule has 0 aliphatic heterocycles. The van der Waals surface area contributed by atoms with Gasteiger partial charge in [0.05, 0.1) is 21.6 Å². The molecule has 4 rings (SSSR count). The van der Waals surface area contributed by atoms with E-state index in [2.05, 4.69) is 9.97 Å². The van der Waals surface area contributed by atoms with Gasteiger partial charge in [-0.25, -0.2) is 4.39 Å². The molecule has 168 valence electrons. The Bertz CT molecular complexity index is 1340. The van der Waals surface area contributed by atoms with Crippen molar-refractivity contribution < 1.29 is 27.1 Å². The molecule has 0 amide bonds. The number of fused-ring (bicyclic) bond motifs is 1. The van der Waals surface area contributed by atoms with Gasteiger partial charge in [0, 0.05) is 37.4 Å². The van der Waals surface area contributed by atoms with Crippen LogP contribution in [0.5, 0.6) is 11.5 Å². The van der Waals surface area contributed by atoms with Crippen molar-refractivity contribution in [3.8, 4) is 11.5 Å². The fourth-order valence-corrected chi connectivity index (χ4v) is 3.50. The third-order valence-electron chi connectivity index (χ3n) is 4.83. The molecule has 0 spiro atoms. The third-order valence-corrected chi connectivity index (χ3v) is 5.16. The Labute approximate surface area is 190 Å². The monoisotopic (exact) mass is 474 g/mol. The van der Waals surface area contributed by atoms with Gasteiger partial charge in [0.2, 0.25) is 0 Å². The second-order valence-corrected chi connectivity index (χ2v) is 7.67. The summed E-state index contributed by atoms with van der Waals surface area (Å²) >= 11 is 5.60. The van der Waals surface area contributed by atoms with Gasteiger partial charge in [-0.05, 0) is 41.5 Å². The summed E-state index contributed by atoms with van der Waals surface area (Å²) in [5, 5.41) is -0.446. The first-order valence-electron chi connectivity index (χ1n) is 9.73. The van der Waals surface area contributed by atoms with E-state index >= 15 is 0 Å². The Morgan fingerprint density at radius 1 is 0.879 bits per heavy atom. The fourth-order valence-electron chi connectivity index (χ4n) is 3.28. The molecule has 0 atom stereocenters. The van der Waals surface area contributed by atoms with E-state index in [4.69, 9.17) is 16.3 Å². The number of benzene rings is 3. The molecule has 0 aliphatic rings. The van der Waals surface area contributed by atoms with Crippen molar-refractivity contribution in [1.82, 2.24) is 9.97 Å². The predicted octanol–water partition coefficient (Wildman–Crippen LogP) is 6.59. The lowest BCUT2D eigenvalue weighted by Gasteiger charge is -2.11. The van der Waals surface area contributed by atoms with Crippen LogP contribution in [0.2, 0.25) is 5.02 Å². The lowest BCUT2D eigenvalue weighted by Crippen LogP contribution is -2.10. The first kappa shape index (κ1) is 22.7. The van der Waals surface area contributed by atoms with E-state index in [0.29, 0.717) is 16.8 Å². The molecule has 3 aromatic carbocycles. The highest BCUT2D eigenvalue weighted by Gasteiger charge is 2.33. The highest BCUT2D eigenvalue weighted by atomic mass is 35.5. The number of carbonyl (C=O) groups excluding carboxylic acids is 1. The van der Waals surface area contributed by atoms with Crippen molar-refractivity contribution >= 4 is 28.4 Å². The smallest absolute Gasteiger partial charge is 0.417 e. The number of alkyl halides is 3. The van der Waals surface area contributed by atoms with Crippen LogP contribution < -0.4 is 4.74 Å². The molecule has 0 saturated carbocycles. The molecule has 33 heavy (non-hydrogen) atoms. The normalized spacial score (nSPS) is 11.5. The largest absolute Gasteiger partial charge is 0.457 e. The zero-order valence-electron chi connectivity index (χ0n) is 16.9. The lowest BCUT2D eigenvalue weighted by molar-refractivity contribution is -0.137. The molecule has 0 unspecified atom stereocenters. The third kappa shape index (κ3) is 5.46. The maximum absolute atomic E-state index is 14.6. The number of ketones is 1. The van der Waals surface area contributed by atoms with Gasteiger partial charge in [-0.15, -0.1) is 0 Å². The highest BCUT2D eigenvalue weighted by molar-refractivity contribution is 6.31. The molecule has 0 bridgehead atoms. The average Bonchev–Trinajstić information content (AvgIpc) is 2.76. The van der Waals surface area contributed by atoms with Crippen molar-refractivity contribution in [2.75, 3.05) is 0 Å². The van der Waals surface area contributed by atoms with Gasteiger partial charge in [-0.2, -0.15) is 13.2 Å². The SMILES string of the molecule is O=C(Cc1ccc(Cl)c(C(F)(F)F)c1)Cc1ccc(Oc2ccc3nccnc3c2)cc1F. The van der Waals surface area contributed by atoms with Crippen molar-refractivity contribution in [3.05, 3.63) is 94.5 Å². The Morgan fingerprint density at radius 2 is 1.58 bits per heavy atom. The van der Waals surface area contributed by atoms with Gasteiger partial charge in [-0.1, -0.05) is 23.7 Å². The zero-order valence-corrected chi connectivity index (χ0v) is 17.6. The van der Waals surface area contributed by atoms with E-state index in [1.54, 1.807) is 30.6 Å². The Balaban J connectivity index is 1.44. The van der Waals surface area contributed by atoms with Crippen molar-refractivity contribution in [3.63, 3.8) is 0 Å². The summed E-state index contributed by atoms with van der Waals surface area (Å²) in [6, 6.07) is 12.4. The number of hydrogen-bond acceptors (Lipinski definition) is 4. The van der Waals surface area contributed by atoms with E-state index in [0.717, 1.165) is 18.2 Å². The van der Waals surface area contributed by atoms with E-state index < -0.39 is 28.4 Å². The minimum Gasteiger partial charge on any atom is -0.457 e. The van der Waals surface area contributed by atoms with Crippen LogP contribution in [0.4, 0.5) is 17.6 Å². The van der Waals surface area contributed by atoms with Crippen LogP contribution in [-0.4, -0.2) is 15.8 Å². The zero-order chi connectivity index (χ0) is 23.6. The van der Waals surface area contributed by atoms with Crippen LogP contribution in [-0.2, 0) is 23.8 Å². The summed E-state index contributed by atoms with van der Waals surface area (Å²) in [5.41, 5.74) is 0.557. The number of ether oxygens (including phenoxy) is 1. The molecular weight excluding hydrogens is 460 g/mol. The van der Waals surface area contributed by atoms with E-state index in [-0.39, 0.29) is 29.7 Å². The molecule has 4 nitrogen and oxygen atoms in total. The summed E-state index contributed by atoms with van der Waals surface area (Å²) in [7, 11) is 0. The minimum atomic E-state index is -4.63. The van der Waals surface area contributed by atoms with Crippen LogP contribution in [0.3, 0.4) is 0 Å². The molecule has 4 aromatic rings. The van der Waals surface area contributed by atoms with Gasteiger partial charge < -0.3 is 4.74 Å². The van der Waals surface area contributed by atoms with Crippen molar-refractivity contribution in [1.29, 1.82) is 0 Å². The predicted molar refractivity (Wildman–Crippen MR) is 115 cm³/mol. The topological polar surface area (TPSA) is 52.1 Å². The summed E-state index contributed by atoms with van der Waals surface area (Å²) in [6.45, 7) is 0. The van der Waals surface area contributed by atoms with E-state index in [1.807, 2.05) is 0 Å². The molecule has 0 fully saturated rings. The molecule has 9 heteroatoms. The number of rotatable bonds is 6. The second kappa shape index (κ2) is 9.15. The molecule has 0 aliphatic carbocycles. The number of aromatic nitrogens is 2. The number of hydrogen-bond donors (Lipinski definition) is 0. The van der Waals surface area contributed by atoms with Crippen LogP contribution in [0.25, 0.3) is 11.0 Å². The maximum atomic E-state index is 14.6. The first-order chi connectivity index (χ1) is 15.7. The van der Waals surface area contributed by atoms with Crippen molar-refractivity contribution in [2.45, 2.75) is 19.0 Å². The van der Waals surface area contributed by atoms with Crippen LogP contribution in [0, 0.1) is 5.82 Å². The quantitative estimate of drug-likeness (QED) is 0.296. The van der Waals surface area contributed by atoms with Gasteiger partial charge in [0.1, 0.15) is 23.1 Å². The first-order valence-corrected chi connectivity index (χ1v) is 10.1. The van der Waals surface area contributed by atoms with Gasteiger partial charge in [0.15, 0.2) is 0 Å². The number of Topliss-reactive ketones (excluding diaryl/α,β-unsaturated/α-hetero) is 1. The minimum absolute atomic E-state index is 0.113. The number of halogens is 5. The van der Waals surface area contributed by atoms with Crippen LogP contribution >= 0.6 is 11.6 Å². The molecule has 1 heterocycles.